The van der Waals surface area contributed by atoms with Crippen LogP contribution in [0.5, 0.6) is 0 Å². The Labute approximate surface area is 316 Å². The summed E-state index contributed by atoms with van der Waals surface area (Å²) >= 11 is 0. The molecule has 0 N–H and O–H groups in total. The Kier molecular flexibility index (Phi) is 35.7. The van der Waals surface area contributed by atoms with Gasteiger partial charge in [0, 0.05) is 13.0 Å². The highest BCUT2D eigenvalue weighted by molar-refractivity contribution is 7.45. The number of hydrogen-bond donors (Lipinski definition) is 0. The predicted molar refractivity (Wildman–Crippen MR) is 213 cm³/mol. The maximum Gasteiger partial charge on any atom is 0.306 e. The molecule has 1 unspecified atom stereocenters. The quantitative estimate of drug-likeness (QED) is 0.0203. The van der Waals surface area contributed by atoms with Gasteiger partial charge in [0.05, 0.1) is 34.4 Å². The molecular formula is C42H84NO7P. The van der Waals surface area contributed by atoms with Gasteiger partial charge in [-0.15, -0.1) is 0 Å². The van der Waals surface area contributed by atoms with Gasteiger partial charge in [-0.1, -0.05) is 161 Å². The molecule has 0 fully saturated rings. The number of phosphoric ester groups is 1. The second kappa shape index (κ2) is 36.2. The van der Waals surface area contributed by atoms with Crippen LogP contribution in [0.1, 0.15) is 194 Å². The molecule has 0 spiro atoms. The first-order valence-corrected chi connectivity index (χ1v) is 22.9. The largest absolute Gasteiger partial charge is 0.756 e. The molecule has 0 bridgehead atoms. The average molecular weight is 746 g/mol. The first-order chi connectivity index (χ1) is 24.6. The second-order valence-electron chi connectivity index (χ2n) is 15.7. The van der Waals surface area contributed by atoms with Crippen LogP contribution in [0.4, 0.5) is 0 Å². The molecule has 0 aromatic heterocycles. The lowest BCUT2D eigenvalue weighted by atomic mass is 10.0. The van der Waals surface area contributed by atoms with E-state index >= 15 is 0 Å². The van der Waals surface area contributed by atoms with Crippen molar-refractivity contribution in [2.45, 2.75) is 200 Å². The SMILES string of the molecule is CCCCCCCC/C=C/CCCCCCCCOC[C@H](COP(=O)([O-])OCC[N+](C)(C)C)OC(=O)CCCCCCCCCCCCCCC. The summed E-state index contributed by atoms with van der Waals surface area (Å²) in [7, 11) is 1.36. The van der Waals surface area contributed by atoms with Crippen LogP contribution in [0, 0.1) is 0 Å². The van der Waals surface area contributed by atoms with Gasteiger partial charge < -0.3 is 27.9 Å². The van der Waals surface area contributed by atoms with E-state index in [9.17, 15) is 14.3 Å². The van der Waals surface area contributed by atoms with Crippen LogP contribution in [-0.2, 0) is 27.9 Å². The molecule has 51 heavy (non-hydrogen) atoms. The Morgan fingerprint density at radius 2 is 1.02 bits per heavy atom. The van der Waals surface area contributed by atoms with E-state index in [0.717, 1.165) is 32.1 Å². The molecule has 0 saturated heterocycles. The number of hydrogen-bond acceptors (Lipinski definition) is 7. The van der Waals surface area contributed by atoms with Crippen LogP contribution in [0.25, 0.3) is 0 Å². The number of allylic oxidation sites excluding steroid dienone is 2. The zero-order chi connectivity index (χ0) is 37.7. The topological polar surface area (TPSA) is 94.1 Å². The minimum atomic E-state index is -4.52. The minimum absolute atomic E-state index is 0.0280. The van der Waals surface area contributed by atoms with Gasteiger partial charge in [-0.05, 0) is 38.5 Å². The molecule has 9 heteroatoms. The normalized spacial score (nSPS) is 13.9. The van der Waals surface area contributed by atoms with Gasteiger partial charge in [0.1, 0.15) is 19.3 Å². The number of quaternary nitrogens is 1. The van der Waals surface area contributed by atoms with E-state index in [2.05, 4.69) is 26.0 Å². The van der Waals surface area contributed by atoms with Crippen molar-refractivity contribution < 1.29 is 37.3 Å². The highest BCUT2D eigenvalue weighted by Crippen LogP contribution is 2.38. The van der Waals surface area contributed by atoms with Gasteiger partial charge in [-0.2, -0.15) is 0 Å². The maximum absolute atomic E-state index is 12.6. The van der Waals surface area contributed by atoms with Gasteiger partial charge in [0.2, 0.25) is 0 Å². The average Bonchev–Trinajstić information content (AvgIpc) is 3.08. The fraction of sp³-hybridized carbons (Fsp3) is 0.929. The molecule has 0 aromatic carbocycles. The molecule has 0 saturated carbocycles. The molecule has 0 rings (SSSR count). The van der Waals surface area contributed by atoms with Crippen molar-refractivity contribution in [2.75, 3.05) is 54.1 Å². The van der Waals surface area contributed by atoms with E-state index in [1.165, 1.54) is 141 Å². The lowest BCUT2D eigenvalue weighted by Gasteiger charge is -2.28. The van der Waals surface area contributed by atoms with Crippen molar-refractivity contribution in [3.8, 4) is 0 Å². The highest BCUT2D eigenvalue weighted by Gasteiger charge is 2.20. The first kappa shape index (κ1) is 50.2. The molecule has 0 amide bonds. The maximum atomic E-state index is 12.6. The predicted octanol–water partition coefficient (Wildman–Crippen LogP) is 11.6. The third-order valence-electron chi connectivity index (χ3n) is 9.32. The van der Waals surface area contributed by atoms with Gasteiger partial charge >= 0.3 is 5.97 Å². The fourth-order valence-corrected chi connectivity index (χ4v) is 6.68. The third kappa shape index (κ3) is 40.3. The number of carbonyl (C=O) groups excluding carboxylic acids is 1. The molecule has 0 aromatic rings. The number of unbranched alkanes of at least 4 members (excludes halogenated alkanes) is 24. The van der Waals surface area contributed by atoms with Crippen LogP contribution in [0.2, 0.25) is 0 Å². The van der Waals surface area contributed by atoms with Crippen LogP contribution in [0.3, 0.4) is 0 Å². The van der Waals surface area contributed by atoms with E-state index in [0.29, 0.717) is 24.1 Å². The highest BCUT2D eigenvalue weighted by atomic mass is 31.2. The summed E-state index contributed by atoms with van der Waals surface area (Å²) in [6.07, 6.45) is 37.8. The molecule has 0 aliphatic rings. The summed E-state index contributed by atoms with van der Waals surface area (Å²) < 4.78 is 34.5. The lowest BCUT2D eigenvalue weighted by Crippen LogP contribution is -2.37. The van der Waals surface area contributed by atoms with Crippen LogP contribution in [0.15, 0.2) is 12.2 Å². The monoisotopic (exact) mass is 746 g/mol. The number of likely N-dealkylation sites (N-methyl/N-ethyl adjacent to an activating group) is 1. The molecule has 8 nitrogen and oxygen atoms in total. The Morgan fingerprint density at radius 1 is 0.588 bits per heavy atom. The van der Waals surface area contributed by atoms with E-state index in [1.54, 1.807) is 0 Å². The summed E-state index contributed by atoms with van der Waals surface area (Å²) in [6, 6.07) is 0. The zero-order valence-electron chi connectivity index (χ0n) is 34.3. The van der Waals surface area contributed by atoms with Crippen molar-refractivity contribution in [1.82, 2.24) is 0 Å². The van der Waals surface area contributed by atoms with Gasteiger partial charge in [0.15, 0.2) is 0 Å². The molecule has 304 valence electrons. The number of esters is 1. The summed E-state index contributed by atoms with van der Waals surface area (Å²) in [5.74, 6) is -0.334. The van der Waals surface area contributed by atoms with Crippen molar-refractivity contribution in [1.29, 1.82) is 0 Å². The molecule has 0 heterocycles. The van der Waals surface area contributed by atoms with Gasteiger partial charge in [0.25, 0.3) is 7.82 Å². The zero-order valence-corrected chi connectivity index (χ0v) is 35.2. The Hall–Kier alpha value is -0.760. The number of phosphoric acid groups is 1. The van der Waals surface area contributed by atoms with E-state index in [4.69, 9.17) is 18.5 Å². The van der Waals surface area contributed by atoms with Crippen LogP contribution < -0.4 is 4.89 Å². The fourth-order valence-electron chi connectivity index (χ4n) is 5.95. The van der Waals surface area contributed by atoms with E-state index < -0.39 is 13.9 Å². The number of ether oxygens (including phenoxy) is 2. The molecule has 2 atom stereocenters. The summed E-state index contributed by atoms with van der Waals surface area (Å²) in [6.45, 7) is 5.42. The van der Waals surface area contributed by atoms with Gasteiger partial charge in [-0.3, -0.25) is 9.36 Å². The Morgan fingerprint density at radius 3 is 1.49 bits per heavy atom. The molecule has 0 radical (unpaired) electrons. The van der Waals surface area contributed by atoms with Crippen molar-refractivity contribution in [2.24, 2.45) is 0 Å². The minimum Gasteiger partial charge on any atom is -0.756 e. The summed E-state index contributed by atoms with van der Waals surface area (Å²) in [4.78, 5) is 25.0. The van der Waals surface area contributed by atoms with Crippen molar-refractivity contribution in [3.05, 3.63) is 12.2 Å². The summed E-state index contributed by atoms with van der Waals surface area (Å²) in [5, 5.41) is 0. The Balaban J connectivity index is 4.23. The number of nitrogens with zero attached hydrogens (tertiary/aromatic N) is 1. The summed E-state index contributed by atoms with van der Waals surface area (Å²) in [5.41, 5.74) is 0. The van der Waals surface area contributed by atoms with Crippen LogP contribution >= 0.6 is 7.82 Å². The molecule has 0 aliphatic heterocycles. The van der Waals surface area contributed by atoms with Crippen molar-refractivity contribution in [3.63, 3.8) is 0 Å². The van der Waals surface area contributed by atoms with E-state index in [1.807, 2.05) is 21.1 Å². The molecule has 0 aliphatic carbocycles. The van der Waals surface area contributed by atoms with Gasteiger partial charge in [-0.25, -0.2) is 0 Å². The molecular weight excluding hydrogens is 661 g/mol. The van der Waals surface area contributed by atoms with E-state index in [-0.39, 0.29) is 25.8 Å². The standard InChI is InChI=1S/C42H84NO7P/c1-6-8-10-12-14-16-18-20-21-22-24-26-28-30-32-34-37-47-39-41(40-49-51(45,46)48-38-36-43(3,4)5)50-42(44)35-33-31-29-27-25-23-19-17-15-13-11-9-7-2/h20-21,41H,6-19,22-40H2,1-5H3/b21-20+/t41-/m1/s1. The number of carbonyl (C=O) groups is 1. The Bertz CT molecular complexity index is 833. The smallest absolute Gasteiger partial charge is 0.306 e. The first-order valence-electron chi connectivity index (χ1n) is 21.4. The van der Waals surface area contributed by atoms with Crippen molar-refractivity contribution >= 4 is 13.8 Å². The van der Waals surface area contributed by atoms with Crippen LogP contribution in [-0.4, -0.2) is 70.7 Å². The number of rotatable bonds is 40. The lowest BCUT2D eigenvalue weighted by molar-refractivity contribution is -0.870. The third-order valence-corrected chi connectivity index (χ3v) is 10.3. The second-order valence-corrected chi connectivity index (χ2v) is 17.1.